The highest BCUT2D eigenvalue weighted by Crippen LogP contribution is 2.11. The lowest BCUT2D eigenvalue weighted by atomic mass is 10.4. The maximum Gasteiger partial charge on any atom is 0.230 e. The molecule has 0 aliphatic heterocycles. The van der Waals surface area contributed by atoms with E-state index in [4.69, 9.17) is 11.6 Å². The van der Waals surface area contributed by atoms with E-state index < -0.39 is 0 Å². The molecule has 18 heavy (non-hydrogen) atoms. The first kappa shape index (κ1) is 12.4. The summed E-state index contributed by atoms with van der Waals surface area (Å²) in [5.74, 6) is 0.904. The van der Waals surface area contributed by atoms with E-state index in [0.29, 0.717) is 18.4 Å². The van der Waals surface area contributed by atoms with E-state index >= 15 is 0 Å². The van der Waals surface area contributed by atoms with Crippen molar-refractivity contribution in [3.8, 4) is 0 Å². The number of nitrogens with one attached hydrogen (secondary N) is 1. The summed E-state index contributed by atoms with van der Waals surface area (Å²) in [4.78, 5) is 13.9. The third-order valence-electron chi connectivity index (χ3n) is 2.05. The van der Waals surface area contributed by atoms with Gasteiger partial charge in [-0.3, -0.25) is 0 Å². The SMILES string of the molecule is CN(C)c1nc(Cl)nc(NCc2cccnn2)n1. The Morgan fingerprint density at radius 3 is 2.78 bits per heavy atom. The summed E-state index contributed by atoms with van der Waals surface area (Å²) in [7, 11) is 3.66. The minimum atomic E-state index is 0.148. The minimum absolute atomic E-state index is 0.148. The van der Waals surface area contributed by atoms with Crippen molar-refractivity contribution in [3.05, 3.63) is 29.3 Å². The summed E-state index contributed by atoms with van der Waals surface area (Å²) in [6, 6.07) is 3.67. The van der Waals surface area contributed by atoms with Crippen LogP contribution in [0.4, 0.5) is 11.9 Å². The molecular formula is C10H12ClN7. The fourth-order valence-electron chi connectivity index (χ4n) is 1.22. The lowest BCUT2D eigenvalue weighted by Crippen LogP contribution is -2.15. The molecule has 2 heterocycles. The highest BCUT2D eigenvalue weighted by Gasteiger charge is 2.06. The Morgan fingerprint density at radius 1 is 1.28 bits per heavy atom. The molecule has 2 aromatic heterocycles. The Morgan fingerprint density at radius 2 is 2.11 bits per heavy atom. The average molecular weight is 266 g/mol. The second-order valence-corrected chi connectivity index (χ2v) is 4.03. The van der Waals surface area contributed by atoms with Gasteiger partial charge in [-0.05, 0) is 23.7 Å². The van der Waals surface area contributed by atoms with Gasteiger partial charge in [-0.25, -0.2) is 0 Å². The van der Waals surface area contributed by atoms with Crippen molar-refractivity contribution >= 4 is 23.5 Å². The van der Waals surface area contributed by atoms with Crippen LogP contribution in [0.1, 0.15) is 5.69 Å². The molecule has 0 saturated heterocycles. The number of anilines is 2. The predicted molar refractivity (Wildman–Crippen MR) is 68.5 cm³/mol. The van der Waals surface area contributed by atoms with Crippen LogP contribution in [0.2, 0.25) is 5.28 Å². The maximum absolute atomic E-state index is 5.82. The molecule has 1 N–H and O–H groups in total. The summed E-state index contributed by atoms with van der Waals surface area (Å²) in [6.45, 7) is 0.473. The first-order chi connectivity index (χ1) is 8.65. The first-order valence-corrected chi connectivity index (χ1v) is 5.62. The van der Waals surface area contributed by atoms with E-state index in [1.807, 2.05) is 26.2 Å². The Balaban J connectivity index is 2.10. The van der Waals surface area contributed by atoms with Gasteiger partial charge in [-0.15, -0.1) is 0 Å². The zero-order valence-corrected chi connectivity index (χ0v) is 10.8. The molecule has 0 aliphatic rings. The summed E-state index contributed by atoms with van der Waals surface area (Å²) >= 11 is 5.82. The van der Waals surface area contributed by atoms with Crippen LogP contribution in [-0.4, -0.2) is 39.2 Å². The van der Waals surface area contributed by atoms with Gasteiger partial charge in [0, 0.05) is 20.3 Å². The number of hydrogen-bond acceptors (Lipinski definition) is 7. The van der Waals surface area contributed by atoms with E-state index in [1.54, 1.807) is 11.1 Å². The Bertz CT molecular complexity index is 517. The number of hydrogen-bond donors (Lipinski definition) is 1. The monoisotopic (exact) mass is 265 g/mol. The smallest absolute Gasteiger partial charge is 0.230 e. The summed E-state index contributed by atoms with van der Waals surface area (Å²) in [6.07, 6.45) is 1.62. The van der Waals surface area contributed by atoms with Gasteiger partial charge in [-0.2, -0.15) is 25.1 Å². The van der Waals surface area contributed by atoms with E-state index in [-0.39, 0.29) is 5.28 Å². The first-order valence-electron chi connectivity index (χ1n) is 5.24. The van der Waals surface area contributed by atoms with Gasteiger partial charge in [0.05, 0.1) is 12.2 Å². The molecule has 8 heteroatoms. The molecule has 0 radical (unpaired) electrons. The number of nitrogens with zero attached hydrogens (tertiary/aromatic N) is 6. The largest absolute Gasteiger partial charge is 0.348 e. The molecule has 0 unspecified atom stereocenters. The Hall–Kier alpha value is -2.02. The van der Waals surface area contributed by atoms with Crippen molar-refractivity contribution in [1.82, 2.24) is 25.1 Å². The second kappa shape index (κ2) is 5.54. The molecule has 0 bridgehead atoms. The van der Waals surface area contributed by atoms with Crippen LogP contribution in [0.5, 0.6) is 0 Å². The van der Waals surface area contributed by atoms with Gasteiger partial charge >= 0.3 is 0 Å². The van der Waals surface area contributed by atoms with Gasteiger partial charge in [0.15, 0.2) is 0 Å². The molecule has 0 aliphatic carbocycles. The molecular weight excluding hydrogens is 254 g/mol. The van der Waals surface area contributed by atoms with Crippen LogP contribution in [-0.2, 0) is 6.54 Å². The predicted octanol–water partition coefficient (Wildman–Crippen LogP) is 0.993. The summed E-state index contributed by atoms with van der Waals surface area (Å²) in [5, 5.41) is 10.9. The normalized spacial score (nSPS) is 10.2. The van der Waals surface area contributed by atoms with Gasteiger partial charge in [0.1, 0.15) is 0 Å². The van der Waals surface area contributed by atoms with Gasteiger partial charge < -0.3 is 10.2 Å². The van der Waals surface area contributed by atoms with Crippen LogP contribution in [0.15, 0.2) is 18.3 Å². The highest BCUT2D eigenvalue weighted by atomic mass is 35.5. The van der Waals surface area contributed by atoms with Crippen LogP contribution in [0.3, 0.4) is 0 Å². The number of aromatic nitrogens is 5. The van der Waals surface area contributed by atoms with Crippen molar-refractivity contribution in [3.63, 3.8) is 0 Å². The van der Waals surface area contributed by atoms with Gasteiger partial charge in [0.25, 0.3) is 0 Å². The molecule has 94 valence electrons. The lowest BCUT2D eigenvalue weighted by molar-refractivity contribution is 0.898. The number of rotatable bonds is 4. The summed E-state index contributed by atoms with van der Waals surface area (Å²) in [5.41, 5.74) is 0.792. The molecule has 0 aromatic carbocycles. The Labute approximate surface area is 109 Å². The van der Waals surface area contributed by atoms with Crippen molar-refractivity contribution in [2.45, 2.75) is 6.54 Å². The third kappa shape index (κ3) is 3.24. The zero-order valence-electron chi connectivity index (χ0n) is 10.0. The van der Waals surface area contributed by atoms with E-state index in [1.165, 1.54) is 0 Å². The van der Waals surface area contributed by atoms with Crippen molar-refractivity contribution in [2.75, 3.05) is 24.3 Å². The fraction of sp³-hybridized carbons (Fsp3) is 0.300. The third-order valence-corrected chi connectivity index (χ3v) is 2.22. The van der Waals surface area contributed by atoms with Gasteiger partial charge in [-0.1, -0.05) is 0 Å². The molecule has 0 fully saturated rings. The quantitative estimate of drug-likeness (QED) is 0.883. The zero-order chi connectivity index (χ0) is 13.0. The van der Waals surface area contributed by atoms with Crippen LogP contribution >= 0.6 is 11.6 Å². The molecule has 2 rings (SSSR count). The van der Waals surface area contributed by atoms with Crippen LogP contribution < -0.4 is 10.2 Å². The molecule has 7 nitrogen and oxygen atoms in total. The standard InChI is InChI=1S/C10H12ClN7/c1-18(2)10-15-8(11)14-9(16-10)12-6-7-4-3-5-13-17-7/h3-5H,6H2,1-2H3,(H,12,14,15,16). The van der Waals surface area contributed by atoms with Crippen molar-refractivity contribution < 1.29 is 0 Å². The molecule has 2 aromatic rings. The minimum Gasteiger partial charge on any atom is -0.348 e. The van der Waals surface area contributed by atoms with Crippen LogP contribution in [0, 0.1) is 0 Å². The second-order valence-electron chi connectivity index (χ2n) is 3.69. The average Bonchev–Trinajstić information content (AvgIpc) is 2.37. The van der Waals surface area contributed by atoms with Crippen molar-refractivity contribution in [2.24, 2.45) is 0 Å². The van der Waals surface area contributed by atoms with E-state index in [2.05, 4.69) is 30.5 Å². The molecule has 0 saturated carbocycles. The molecule has 0 amide bonds. The molecule has 0 atom stereocenters. The van der Waals surface area contributed by atoms with Crippen molar-refractivity contribution in [1.29, 1.82) is 0 Å². The van der Waals surface area contributed by atoms with Crippen LogP contribution in [0.25, 0.3) is 0 Å². The molecule has 0 spiro atoms. The Kier molecular flexibility index (Phi) is 3.83. The lowest BCUT2D eigenvalue weighted by Gasteiger charge is -2.11. The van der Waals surface area contributed by atoms with E-state index in [0.717, 1.165) is 5.69 Å². The topological polar surface area (TPSA) is 79.7 Å². The van der Waals surface area contributed by atoms with Gasteiger partial charge in [0.2, 0.25) is 17.2 Å². The fourth-order valence-corrected chi connectivity index (χ4v) is 1.37. The maximum atomic E-state index is 5.82. The van der Waals surface area contributed by atoms with E-state index in [9.17, 15) is 0 Å². The number of halogens is 1. The summed E-state index contributed by atoms with van der Waals surface area (Å²) < 4.78 is 0. The highest BCUT2D eigenvalue weighted by molar-refractivity contribution is 6.28.